The normalized spacial score (nSPS) is 10.3. The van der Waals surface area contributed by atoms with Crippen molar-refractivity contribution in [2.24, 2.45) is 0 Å². The quantitative estimate of drug-likeness (QED) is 0.752. The maximum atomic E-state index is 9.77. The van der Waals surface area contributed by atoms with Gasteiger partial charge in [-0.15, -0.1) is 23.1 Å². The van der Waals surface area contributed by atoms with Gasteiger partial charge in [-0.25, -0.2) is 0 Å². The fourth-order valence-electron chi connectivity index (χ4n) is 1.35. The molecule has 14 heavy (non-hydrogen) atoms. The van der Waals surface area contributed by atoms with Gasteiger partial charge in [0, 0.05) is 0 Å². The van der Waals surface area contributed by atoms with E-state index in [1.54, 1.807) is 17.4 Å². The number of benzene rings is 1. The molecular weight excluding hydrogens is 214 g/mol. The molecule has 0 amide bonds. The van der Waals surface area contributed by atoms with Crippen LogP contribution in [0.5, 0.6) is 5.75 Å². The summed E-state index contributed by atoms with van der Waals surface area (Å²) in [7, 11) is 0. The summed E-state index contributed by atoms with van der Waals surface area (Å²) in [6, 6.07) is 5.67. The van der Waals surface area contributed by atoms with Crippen molar-refractivity contribution in [3.63, 3.8) is 0 Å². The first-order valence-electron chi connectivity index (χ1n) is 3.95. The van der Waals surface area contributed by atoms with Gasteiger partial charge in [-0.1, -0.05) is 0 Å². The summed E-state index contributed by atoms with van der Waals surface area (Å²) in [5, 5.41) is 21.6. The smallest absolute Gasteiger partial charge is 0.148 e. The Labute approximate surface area is 89.8 Å². The minimum atomic E-state index is 0.106. The molecule has 70 valence electrons. The van der Waals surface area contributed by atoms with Gasteiger partial charge < -0.3 is 5.11 Å². The summed E-state index contributed by atoms with van der Waals surface area (Å²) >= 11 is 3.05. The number of hydrogen-bond acceptors (Lipinski definition) is 4. The molecule has 0 radical (unpaired) electrons. The first-order valence-corrected chi connectivity index (χ1v) is 6.05. The van der Waals surface area contributed by atoms with E-state index >= 15 is 0 Å². The molecule has 0 saturated carbocycles. The Hall–Kier alpha value is -1.18. The second-order valence-corrected chi connectivity index (χ2v) is 4.49. The van der Waals surface area contributed by atoms with E-state index in [1.165, 1.54) is 11.8 Å². The van der Waals surface area contributed by atoms with Crippen LogP contribution in [0.15, 0.2) is 22.4 Å². The number of nitrogens with zero attached hydrogens (tertiary/aromatic N) is 1. The number of thiophene rings is 1. The molecule has 0 aliphatic rings. The number of phenolic OH excluding ortho intramolecular Hbond substituents is 1. The molecule has 0 aliphatic carbocycles. The van der Waals surface area contributed by atoms with Gasteiger partial charge in [0.15, 0.2) is 0 Å². The number of aromatic hydroxyl groups is 1. The zero-order valence-corrected chi connectivity index (χ0v) is 9.08. The first kappa shape index (κ1) is 9.38. The lowest BCUT2D eigenvalue weighted by Crippen LogP contribution is -1.80. The summed E-state index contributed by atoms with van der Waals surface area (Å²) in [6.07, 6.45) is 1.90. The lowest BCUT2D eigenvalue weighted by Gasteiger charge is -2.04. The predicted molar refractivity (Wildman–Crippen MR) is 60.0 cm³/mol. The van der Waals surface area contributed by atoms with Crippen molar-refractivity contribution < 1.29 is 5.11 Å². The van der Waals surface area contributed by atoms with Crippen LogP contribution >= 0.6 is 23.1 Å². The largest absolute Gasteiger partial charge is 0.505 e. The third-order valence-electron chi connectivity index (χ3n) is 2.00. The molecule has 0 aliphatic heterocycles. The van der Waals surface area contributed by atoms with Crippen LogP contribution in [0, 0.1) is 11.3 Å². The van der Waals surface area contributed by atoms with E-state index in [1.807, 2.05) is 23.8 Å². The third kappa shape index (κ3) is 1.26. The van der Waals surface area contributed by atoms with Crippen molar-refractivity contribution in [2.45, 2.75) is 4.90 Å². The molecule has 2 aromatic rings. The fraction of sp³-hybridized carbons (Fsp3) is 0.100. The van der Waals surface area contributed by atoms with Crippen LogP contribution in [-0.2, 0) is 0 Å². The van der Waals surface area contributed by atoms with Gasteiger partial charge in [0.25, 0.3) is 0 Å². The number of hydrogen-bond donors (Lipinski definition) is 1. The fourth-order valence-corrected chi connectivity index (χ4v) is 3.16. The van der Waals surface area contributed by atoms with E-state index in [0.29, 0.717) is 5.56 Å². The maximum absolute atomic E-state index is 9.77. The monoisotopic (exact) mass is 221 g/mol. The van der Waals surface area contributed by atoms with E-state index < -0.39 is 0 Å². The SMILES string of the molecule is CSc1c(O)c(C#N)cc2ccsc12. The Balaban J connectivity index is 2.89. The highest BCUT2D eigenvalue weighted by molar-refractivity contribution is 7.99. The third-order valence-corrected chi connectivity index (χ3v) is 3.88. The number of rotatable bonds is 1. The Kier molecular flexibility index (Phi) is 2.36. The Morgan fingerprint density at radius 3 is 3.00 bits per heavy atom. The molecule has 1 aromatic carbocycles. The van der Waals surface area contributed by atoms with Gasteiger partial charge in [0.2, 0.25) is 0 Å². The Bertz CT molecular complexity index is 525. The van der Waals surface area contributed by atoms with Gasteiger partial charge >= 0.3 is 0 Å². The van der Waals surface area contributed by atoms with Gasteiger partial charge in [0.1, 0.15) is 11.8 Å². The summed E-state index contributed by atoms with van der Waals surface area (Å²) in [5.41, 5.74) is 0.347. The topological polar surface area (TPSA) is 44.0 Å². The molecule has 0 saturated heterocycles. The van der Waals surface area contributed by atoms with Crippen LogP contribution < -0.4 is 0 Å². The van der Waals surface area contributed by atoms with Gasteiger partial charge in [-0.3, -0.25) is 0 Å². The van der Waals surface area contributed by atoms with E-state index in [0.717, 1.165) is 15.0 Å². The maximum Gasteiger partial charge on any atom is 0.148 e. The summed E-state index contributed by atoms with van der Waals surface area (Å²) in [5.74, 6) is 0.106. The minimum absolute atomic E-state index is 0.106. The van der Waals surface area contributed by atoms with E-state index in [9.17, 15) is 5.11 Å². The molecule has 4 heteroatoms. The average molecular weight is 221 g/mol. The number of phenols is 1. The highest BCUT2D eigenvalue weighted by Gasteiger charge is 2.12. The van der Waals surface area contributed by atoms with Crippen molar-refractivity contribution in [3.05, 3.63) is 23.1 Å². The summed E-state index contributed by atoms with van der Waals surface area (Å²) in [4.78, 5) is 0.800. The molecule has 1 N–H and O–H groups in total. The summed E-state index contributed by atoms with van der Waals surface area (Å²) < 4.78 is 1.05. The van der Waals surface area contributed by atoms with Crippen molar-refractivity contribution in [3.8, 4) is 11.8 Å². The first-order chi connectivity index (χ1) is 6.77. The highest BCUT2D eigenvalue weighted by atomic mass is 32.2. The summed E-state index contributed by atoms with van der Waals surface area (Å²) in [6.45, 7) is 0. The number of nitriles is 1. The second kappa shape index (κ2) is 3.52. The number of thioether (sulfide) groups is 1. The van der Waals surface area contributed by atoms with E-state index in [4.69, 9.17) is 5.26 Å². The van der Waals surface area contributed by atoms with Crippen LogP contribution in [-0.4, -0.2) is 11.4 Å². The van der Waals surface area contributed by atoms with Crippen molar-refractivity contribution in [2.75, 3.05) is 6.26 Å². The lowest BCUT2D eigenvalue weighted by molar-refractivity contribution is 0.462. The molecule has 0 bridgehead atoms. The van der Waals surface area contributed by atoms with Crippen molar-refractivity contribution in [1.29, 1.82) is 5.26 Å². The molecule has 0 unspecified atom stereocenters. The van der Waals surface area contributed by atoms with Gasteiger partial charge in [-0.05, 0) is 29.2 Å². The Morgan fingerprint density at radius 1 is 1.57 bits per heavy atom. The van der Waals surface area contributed by atoms with Crippen molar-refractivity contribution >= 4 is 33.2 Å². The van der Waals surface area contributed by atoms with Crippen LogP contribution in [0.4, 0.5) is 0 Å². The van der Waals surface area contributed by atoms with Gasteiger partial charge in [0.05, 0.1) is 15.2 Å². The number of fused-ring (bicyclic) bond motifs is 1. The molecule has 0 fully saturated rings. The second-order valence-electron chi connectivity index (χ2n) is 2.76. The molecule has 2 nitrogen and oxygen atoms in total. The zero-order chi connectivity index (χ0) is 10.1. The minimum Gasteiger partial charge on any atom is -0.505 e. The van der Waals surface area contributed by atoms with Gasteiger partial charge in [-0.2, -0.15) is 5.26 Å². The van der Waals surface area contributed by atoms with E-state index in [2.05, 4.69) is 0 Å². The van der Waals surface area contributed by atoms with E-state index in [-0.39, 0.29) is 5.75 Å². The zero-order valence-electron chi connectivity index (χ0n) is 7.44. The molecule has 1 heterocycles. The van der Waals surface area contributed by atoms with Crippen LogP contribution in [0.1, 0.15) is 5.56 Å². The van der Waals surface area contributed by atoms with Crippen LogP contribution in [0.25, 0.3) is 10.1 Å². The molecular formula is C10H7NOS2. The highest BCUT2D eigenvalue weighted by Crippen LogP contribution is 2.39. The Morgan fingerprint density at radius 2 is 2.36 bits per heavy atom. The van der Waals surface area contributed by atoms with Crippen LogP contribution in [0.2, 0.25) is 0 Å². The predicted octanol–water partition coefficient (Wildman–Crippen LogP) is 3.20. The molecule has 1 aromatic heterocycles. The van der Waals surface area contributed by atoms with Crippen molar-refractivity contribution in [1.82, 2.24) is 0 Å². The molecule has 2 rings (SSSR count). The molecule has 0 spiro atoms. The average Bonchev–Trinajstić information content (AvgIpc) is 2.64. The standard InChI is InChI=1S/C10H7NOS2/c1-13-10-8(12)7(5-11)4-6-2-3-14-9(6)10/h2-4,12H,1H3. The molecule has 0 atom stereocenters. The lowest BCUT2D eigenvalue weighted by atomic mass is 10.1. The van der Waals surface area contributed by atoms with Crippen LogP contribution in [0.3, 0.4) is 0 Å².